The number of rotatable bonds is 19. The van der Waals surface area contributed by atoms with Crippen LogP contribution in [0.25, 0.3) is 0 Å². The van der Waals surface area contributed by atoms with Gasteiger partial charge < -0.3 is 14.6 Å². The van der Waals surface area contributed by atoms with Gasteiger partial charge in [-0.25, -0.2) is 0 Å². The van der Waals surface area contributed by atoms with Gasteiger partial charge in [-0.1, -0.05) is 103 Å². The number of halogens is 1. The highest BCUT2D eigenvalue weighted by Gasteiger charge is 2.07. The molecule has 0 aliphatic rings. The smallest absolute Gasteiger partial charge is 0.213 e. The predicted molar refractivity (Wildman–Crippen MR) is 134 cm³/mol. The molecule has 2 N–H and O–H groups in total. The molecule has 180 valence electrons. The van der Waals surface area contributed by atoms with E-state index in [-0.39, 0.29) is 24.1 Å². The Morgan fingerprint density at radius 3 is 1.68 bits per heavy atom. The minimum atomic E-state index is 0. The maximum atomic E-state index is 9.61. The first-order chi connectivity index (χ1) is 14.7. The van der Waals surface area contributed by atoms with Crippen molar-refractivity contribution < 1.29 is 14.6 Å². The molecular weight excluding hydrogens is 410 g/mol. The molecule has 0 heterocycles. The van der Waals surface area contributed by atoms with Crippen LogP contribution in [0.15, 0.2) is 18.2 Å². The van der Waals surface area contributed by atoms with Crippen molar-refractivity contribution in [2.45, 2.75) is 110 Å². The average Bonchev–Trinajstić information content (AvgIpc) is 2.76. The zero-order chi connectivity index (χ0) is 21.9. The Morgan fingerprint density at radius 2 is 1.23 bits per heavy atom. The highest BCUT2D eigenvalue weighted by Crippen LogP contribution is 2.26. The van der Waals surface area contributed by atoms with Gasteiger partial charge in [0.25, 0.3) is 0 Å². The second-order valence-corrected chi connectivity index (χ2v) is 8.37. The number of aromatic hydroxyl groups is 1. The monoisotopic (exact) mass is 455 g/mol. The van der Waals surface area contributed by atoms with E-state index < -0.39 is 0 Å². The Bertz CT molecular complexity index is 566. The lowest BCUT2D eigenvalue weighted by Gasteiger charge is -2.09. The van der Waals surface area contributed by atoms with E-state index in [1.54, 1.807) is 12.1 Å². The summed E-state index contributed by atoms with van der Waals surface area (Å²) in [4.78, 5) is 0. The third kappa shape index (κ3) is 15.1. The van der Waals surface area contributed by atoms with Crippen LogP contribution in [0.5, 0.6) is 11.5 Å². The molecule has 4 nitrogen and oxygen atoms in total. The fourth-order valence-electron chi connectivity index (χ4n) is 3.73. The van der Waals surface area contributed by atoms with Crippen LogP contribution in [0.1, 0.15) is 115 Å². The summed E-state index contributed by atoms with van der Waals surface area (Å²) in [6.45, 7) is 2.85. The SMILES string of the molecule is CCCCCCCCCCCCCCCCCCOC(=N)c1ccc(O)c(OC)c1.Cl. The van der Waals surface area contributed by atoms with Gasteiger partial charge in [-0.05, 0) is 24.6 Å². The van der Waals surface area contributed by atoms with Crippen molar-refractivity contribution in [2.75, 3.05) is 13.7 Å². The summed E-state index contributed by atoms with van der Waals surface area (Å²) < 4.78 is 10.6. The average molecular weight is 456 g/mol. The molecule has 0 saturated heterocycles. The summed E-state index contributed by atoms with van der Waals surface area (Å²) in [7, 11) is 1.50. The standard InChI is InChI=1S/C26H45NO3.ClH/c1-3-4-5-6-7-8-9-10-11-12-13-14-15-16-17-18-21-30-26(27)23-19-20-24(28)25(22-23)29-2;/h19-20,22,27-28H,3-18,21H2,1-2H3;1H. The number of hydrogen-bond acceptors (Lipinski definition) is 4. The first kappa shape index (κ1) is 29.6. The Labute approximate surface area is 197 Å². The fraction of sp³-hybridized carbons (Fsp3) is 0.731. The first-order valence-electron chi connectivity index (χ1n) is 12.3. The molecule has 0 amide bonds. The molecule has 0 bridgehead atoms. The van der Waals surface area contributed by atoms with Crippen LogP contribution in [-0.2, 0) is 4.74 Å². The number of hydrogen-bond donors (Lipinski definition) is 2. The van der Waals surface area contributed by atoms with Gasteiger partial charge in [0.05, 0.1) is 13.7 Å². The number of nitrogens with one attached hydrogen (secondary N) is 1. The third-order valence-electron chi connectivity index (χ3n) is 5.69. The molecule has 0 aliphatic heterocycles. The lowest BCUT2D eigenvalue weighted by molar-refractivity contribution is 0.290. The Balaban J connectivity index is 0.00000900. The van der Waals surface area contributed by atoms with Crippen LogP contribution in [0, 0.1) is 5.41 Å². The van der Waals surface area contributed by atoms with E-state index in [1.165, 1.54) is 103 Å². The van der Waals surface area contributed by atoms with E-state index in [0.29, 0.717) is 17.9 Å². The topological polar surface area (TPSA) is 62.5 Å². The van der Waals surface area contributed by atoms with E-state index >= 15 is 0 Å². The number of phenols is 1. The van der Waals surface area contributed by atoms with E-state index in [1.807, 2.05) is 0 Å². The maximum absolute atomic E-state index is 9.61. The molecule has 0 saturated carbocycles. The highest BCUT2D eigenvalue weighted by molar-refractivity contribution is 5.92. The summed E-state index contributed by atoms with van der Waals surface area (Å²) in [6, 6.07) is 4.83. The van der Waals surface area contributed by atoms with E-state index in [9.17, 15) is 5.11 Å². The van der Waals surface area contributed by atoms with Crippen molar-refractivity contribution in [1.82, 2.24) is 0 Å². The molecule has 0 aromatic heterocycles. The molecule has 1 aromatic rings. The van der Waals surface area contributed by atoms with Crippen LogP contribution in [0.4, 0.5) is 0 Å². The quantitative estimate of drug-likeness (QED) is 0.125. The lowest BCUT2D eigenvalue weighted by Crippen LogP contribution is -2.06. The summed E-state index contributed by atoms with van der Waals surface area (Å²) in [5.41, 5.74) is 0.626. The Kier molecular flexibility index (Phi) is 19.5. The van der Waals surface area contributed by atoms with Crippen LogP contribution in [0.2, 0.25) is 0 Å². The molecular formula is C26H46ClNO3. The van der Waals surface area contributed by atoms with Gasteiger partial charge >= 0.3 is 0 Å². The van der Waals surface area contributed by atoms with E-state index in [0.717, 1.165) is 12.8 Å². The van der Waals surface area contributed by atoms with Gasteiger partial charge in [-0.2, -0.15) is 0 Å². The molecule has 0 unspecified atom stereocenters. The number of unbranched alkanes of at least 4 members (excludes halogenated alkanes) is 15. The fourth-order valence-corrected chi connectivity index (χ4v) is 3.73. The molecule has 0 radical (unpaired) electrons. The second kappa shape index (κ2) is 20.5. The zero-order valence-electron chi connectivity index (χ0n) is 19.9. The second-order valence-electron chi connectivity index (χ2n) is 8.37. The number of benzene rings is 1. The van der Waals surface area contributed by atoms with Gasteiger partial charge in [0, 0.05) is 5.56 Å². The van der Waals surface area contributed by atoms with Gasteiger partial charge in [-0.3, -0.25) is 5.41 Å². The van der Waals surface area contributed by atoms with Crippen molar-refractivity contribution in [2.24, 2.45) is 0 Å². The minimum absolute atomic E-state index is 0. The van der Waals surface area contributed by atoms with Crippen LogP contribution in [0.3, 0.4) is 0 Å². The summed E-state index contributed by atoms with van der Waals surface area (Å²) >= 11 is 0. The predicted octanol–water partition coefficient (Wildman–Crippen LogP) is 8.43. The van der Waals surface area contributed by atoms with E-state index in [2.05, 4.69) is 6.92 Å². The van der Waals surface area contributed by atoms with Crippen molar-refractivity contribution in [3.8, 4) is 11.5 Å². The van der Waals surface area contributed by atoms with Gasteiger partial charge in [0.2, 0.25) is 5.90 Å². The van der Waals surface area contributed by atoms with Crippen LogP contribution < -0.4 is 4.74 Å². The van der Waals surface area contributed by atoms with Crippen molar-refractivity contribution in [3.63, 3.8) is 0 Å². The molecule has 0 aliphatic carbocycles. The summed E-state index contributed by atoms with van der Waals surface area (Å²) in [6.07, 6.45) is 21.6. The first-order valence-corrected chi connectivity index (χ1v) is 12.3. The molecule has 0 atom stereocenters. The van der Waals surface area contributed by atoms with Gasteiger partial charge in [0.15, 0.2) is 11.5 Å². The molecule has 31 heavy (non-hydrogen) atoms. The molecule has 1 aromatic carbocycles. The largest absolute Gasteiger partial charge is 0.504 e. The van der Waals surface area contributed by atoms with Gasteiger partial charge in [-0.15, -0.1) is 12.4 Å². The number of phenolic OH excluding ortho intramolecular Hbond substituents is 1. The van der Waals surface area contributed by atoms with Crippen LogP contribution >= 0.6 is 12.4 Å². The molecule has 0 spiro atoms. The third-order valence-corrected chi connectivity index (χ3v) is 5.69. The highest BCUT2D eigenvalue weighted by atomic mass is 35.5. The van der Waals surface area contributed by atoms with Gasteiger partial charge in [0.1, 0.15) is 0 Å². The Hall–Kier alpha value is -1.42. The van der Waals surface area contributed by atoms with Crippen molar-refractivity contribution >= 4 is 18.3 Å². The summed E-state index contributed by atoms with van der Waals surface area (Å²) in [5.74, 6) is 0.573. The van der Waals surface area contributed by atoms with Crippen molar-refractivity contribution in [1.29, 1.82) is 5.41 Å². The number of ether oxygens (including phenoxy) is 2. The lowest BCUT2D eigenvalue weighted by atomic mass is 10.0. The molecule has 0 fully saturated rings. The van der Waals surface area contributed by atoms with Crippen LogP contribution in [-0.4, -0.2) is 24.7 Å². The van der Waals surface area contributed by atoms with Crippen molar-refractivity contribution in [3.05, 3.63) is 23.8 Å². The number of methoxy groups -OCH3 is 1. The molecule has 5 heteroatoms. The zero-order valence-corrected chi connectivity index (χ0v) is 20.7. The minimum Gasteiger partial charge on any atom is -0.504 e. The Morgan fingerprint density at radius 1 is 0.774 bits per heavy atom. The maximum Gasteiger partial charge on any atom is 0.213 e. The molecule has 1 rings (SSSR count). The summed E-state index contributed by atoms with van der Waals surface area (Å²) in [5, 5.41) is 17.6. The normalized spacial score (nSPS) is 10.5. The van der Waals surface area contributed by atoms with E-state index in [4.69, 9.17) is 14.9 Å².